The summed E-state index contributed by atoms with van der Waals surface area (Å²) in [7, 11) is 11.7. The molecule has 7 fully saturated rings. The van der Waals surface area contributed by atoms with Crippen molar-refractivity contribution in [1.29, 1.82) is 0 Å². The summed E-state index contributed by atoms with van der Waals surface area (Å²) in [4.78, 5) is 0. The third kappa shape index (κ3) is 7.34. The van der Waals surface area contributed by atoms with Crippen LogP contribution >= 0.6 is 0 Å². The summed E-state index contributed by atoms with van der Waals surface area (Å²) >= 11 is 0. The number of fused-ring (bicyclic) bond motifs is 7. The van der Waals surface area contributed by atoms with Crippen LogP contribution < -0.4 is 0 Å². The van der Waals surface area contributed by atoms with Gasteiger partial charge in [0.15, 0.2) is 18.4 Å². The van der Waals surface area contributed by atoms with Gasteiger partial charge in [0.05, 0.1) is 37.6 Å². The van der Waals surface area contributed by atoms with E-state index in [1.54, 1.807) is 42.7 Å². The van der Waals surface area contributed by atoms with Crippen LogP contribution in [0, 0.1) is 46.3 Å². The topological polar surface area (TPSA) is 120 Å². The summed E-state index contributed by atoms with van der Waals surface area (Å²) in [5, 5.41) is 0. The molecule has 0 aromatic carbocycles. The highest BCUT2D eigenvalue weighted by molar-refractivity contribution is 5.29. The minimum Gasteiger partial charge on any atom is -0.382 e. The molecule has 0 aromatic heterocycles. The van der Waals surface area contributed by atoms with Crippen LogP contribution in [0.2, 0.25) is 0 Å². The van der Waals surface area contributed by atoms with Crippen molar-refractivity contribution in [3.05, 3.63) is 11.6 Å². The lowest BCUT2D eigenvalue weighted by Crippen LogP contribution is -2.66. The van der Waals surface area contributed by atoms with E-state index in [1.165, 1.54) is 18.4 Å². The first-order chi connectivity index (χ1) is 28.4. The van der Waals surface area contributed by atoms with E-state index >= 15 is 0 Å². The number of hydrogen-bond acceptors (Lipinski definition) is 13. The van der Waals surface area contributed by atoms with Gasteiger partial charge in [0.2, 0.25) is 0 Å². The zero-order valence-electron chi connectivity index (χ0n) is 37.9. The predicted octanol–water partition coefficient (Wildman–Crippen LogP) is 5.94. The van der Waals surface area contributed by atoms with Crippen LogP contribution in [0.4, 0.5) is 0 Å². The fourth-order valence-electron chi connectivity index (χ4n) is 14.3. The Bertz CT molecular complexity index is 1460. The Morgan fingerprint density at radius 2 is 1.41 bits per heavy atom. The van der Waals surface area contributed by atoms with E-state index in [0.717, 1.165) is 45.1 Å². The van der Waals surface area contributed by atoms with E-state index < -0.39 is 61.1 Å². The molecule has 59 heavy (non-hydrogen) atoms. The van der Waals surface area contributed by atoms with Crippen LogP contribution in [0.5, 0.6) is 0 Å². The number of rotatable bonds is 12. The Morgan fingerprint density at radius 3 is 2.05 bits per heavy atom. The van der Waals surface area contributed by atoms with Gasteiger partial charge in [-0.1, -0.05) is 39.3 Å². The molecule has 4 saturated heterocycles. The average molecular weight is 837 g/mol. The molecule has 4 aliphatic heterocycles. The zero-order valence-corrected chi connectivity index (χ0v) is 37.9. The van der Waals surface area contributed by atoms with Gasteiger partial charge in [0, 0.05) is 73.9 Å². The quantitative estimate of drug-likeness (QED) is 0.216. The van der Waals surface area contributed by atoms with Crippen LogP contribution in [0.25, 0.3) is 0 Å². The van der Waals surface area contributed by atoms with Gasteiger partial charge in [0.25, 0.3) is 0 Å². The molecule has 3 saturated carbocycles. The van der Waals surface area contributed by atoms with Gasteiger partial charge in [-0.25, -0.2) is 0 Å². The largest absolute Gasteiger partial charge is 0.382 e. The maximum Gasteiger partial charge on any atom is 0.187 e. The Labute approximate surface area is 353 Å². The summed E-state index contributed by atoms with van der Waals surface area (Å²) < 4.78 is 83.5. The monoisotopic (exact) mass is 837 g/mol. The van der Waals surface area contributed by atoms with E-state index in [9.17, 15) is 0 Å². The van der Waals surface area contributed by atoms with Crippen molar-refractivity contribution < 1.29 is 61.6 Å². The molecule has 22 atom stereocenters. The summed E-state index contributed by atoms with van der Waals surface area (Å²) in [5.74, 6) is 2.59. The predicted molar refractivity (Wildman–Crippen MR) is 216 cm³/mol. The van der Waals surface area contributed by atoms with E-state index in [0.29, 0.717) is 35.5 Å². The Hall–Kier alpha value is -0.780. The standard InChI is InChI=1S/C46H76O13/c1-24-15-18-46(54-22-24)25(2)35-32(59-46)21-31-29-14-13-27-19-28(48-7)20-34(45(27,5)30(29)16-17-44(31,35)4)57-43-41(38(51-10)36(49-8)26(3)55-43)58-42-40(53-12)39(52-11)37(50-9)33(56-42)23-47-6/h13,24-26,28-43H,14-23H2,1-12H3/t24-,25-,26+,28+,29+,30-,31-,32-,33+,34+,35-,36-,37+,38-,39-,40+,41+,42-,43-,44-,45-,46+/m0/s1. The molecule has 13 nitrogen and oxygen atoms in total. The van der Waals surface area contributed by atoms with Crippen LogP contribution in [-0.4, -0.2) is 148 Å². The van der Waals surface area contributed by atoms with Crippen LogP contribution in [0.3, 0.4) is 0 Å². The highest BCUT2D eigenvalue weighted by atomic mass is 16.8. The molecule has 0 bridgehead atoms. The van der Waals surface area contributed by atoms with Crippen molar-refractivity contribution >= 4 is 0 Å². The van der Waals surface area contributed by atoms with E-state index in [-0.39, 0.29) is 41.9 Å². The smallest absolute Gasteiger partial charge is 0.187 e. The molecule has 338 valence electrons. The molecule has 0 aromatic rings. The molecule has 8 rings (SSSR count). The Morgan fingerprint density at radius 1 is 0.712 bits per heavy atom. The van der Waals surface area contributed by atoms with Gasteiger partial charge < -0.3 is 61.6 Å². The summed E-state index contributed by atoms with van der Waals surface area (Å²) in [6, 6.07) is 0. The van der Waals surface area contributed by atoms with E-state index in [1.807, 2.05) is 14.0 Å². The van der Waals surface area contributed by atoms with Gasteiger partial charge >= 0.3 is 0 Å². The fourth-order valence-corrected chi connectivity index (χ4v) is 14.3. The van der Waals surface area contributed by atoms with Crippen LogP contribution in [0.15, 0.2) is 11.6 Å². The van der Waals surface area contributed by atoms with Crippen LogP contribution in [0.1, 0.15) is 86.0 Å². The lowest BCUT2D eigenvalue weighted by molar-refractivity contribution is -0.380. The van der Waals surface area contributed by atoms with Gasteiger partial charge in [0.1, 0.15) is 42.7 Å². The van der Waals surface area contributed by atoms with Gasteiger partial charge in [-0.3, -0.25) is 0 Å². The Balaban J connectivity index is 1.08. The maximum atomic E-state index is 7.46. The van der Waals surface area contributed by atoms with E-state index in [4.69, 9.17) is 61.6 Å². The third-order valence-electron chi connectivity index (χ3n) is 17.3. The fraction of sp³-hybridized carbons (Fsp3) is 0.957. The summed E-state index contributed by atoms with van der Waals surface area (Å²) in [6.45, 7) is 12.9. The van der Waals surface area contributed by atoms with Crippen molar-refractivity contribution in [2.45, 2.75) is 171 Å². The summed E-state index contributed by atoms with van der Waals surface area (Å²) in [6.07, 6.45) is 5.13. The molecule has 0 radical (unpaired) electrons. The maximum absolute atomic E-state index is 7.46. The SMILES string of the molecule is COC[C@H]1O[C@@H](O[C@H]2[C@H](O[C@@H]3C[C@H](OC)CC4=CC[C@H]5[C@@H]6C[C@@H]7O[C@]8(CC[C@H](C)CO8)[C@@H](C)[C@@H]7[C@@]6(C)CC[C@@H]5[C@]43C)O[C@H](C)[C@H](OC)[C@@H]2OC)[C@H](OC)[C@@H](OC)[C@@H]1OC. The van der Waals surface area contributed by atoms with Gasteiger partial charge in [-0.2, -0.15) is 0 Å². The minimum atomic E-state index is -0.882. The Kier molecular flexibility index (Phi) is 13.4. The van der Waals surface area contributed by atoms with Crippen molar-refractivity contribution in [1.82, 2.24) is 0 Å². The highest BCUT2D eigenvalue weighted by Gasteiger charge is 2.69. The lowest BCUT2D eigenvalue weighted by atomic mass is 9.46. The first-order valence-electron chi connectivity index (χ1n) is 22.6. The first-order valence-corrected chi connectivity index (χ1v) is 22.6. The molecule has 4 aliphatic carbocycles. The second-order valence-electron chi connectivity index (χ2n) is 19.9. The molecular formula is C46H76O13. The normalized spacial score (nSPS) is 53.4. The number of hydrogen-bond donors (Lipinski definition) is 0. The first kappa shape index (κ1) is 44.8. The molecule has 4 heterocycles. The number of allylic oxidation sites excluding steroid dienone is 1. The van der Waals surface area contributed by atoms with Crippen LogP contribution in [-0.2, 0) is 61.6 Å². The molecular weight excluding hydrogens is 760 g/mol. The van der Waals surface area contributed by atoms with Crippen molar-refractivity contribution in [3.8, 4) is 0 Å². The summed E-state index contributed by atoms with van der Waals surface area (Å²) in [5.41, 5.74) is 1.41. The lowest BCUT2D eigenvalue weighted by Gasteiger charge is -2.61. The zero-order chi connectivity index (χ0) is 42.0. The van der Waals surface area contributed by atoms with Crippen molar-refractivity contribution in [3.63, 3.8) is 0 Å². The van der Waals surface area contributed by atoms with E-state index in [2.05, 4.69) is 33.8 Å². The third-order valence-corrected chi connectivity index (χ3v) is 17.3. The number of methoxy groups -OCH3 is 7. The second-order valence-corrected chi connectivity index (χ2v) is 19.9. The van der Waals surface area contributed by atoms with Crippen molar-refractivity contribution in [2.24, 2.45) is 46.3 Å². The molecule has 1 spiro atoms. The minimum absolute atomic E-state index is 0.0207. The van der Waals surface area contributed by atoms with Gasteiger partial charge in [-0.05, 0) is 80.5 Å². The molecule has 0 unspecified atom stereocenters. The molecule has 0 N–H and O–H groups in total. The number of ether oxygens (including phenoxy) is 13. The van der Waals surface area contributed by atoms with Gasteiger partial charge in [-0.15, -0.1) is 0 Å². The molecule has 0 amide bonds. The molecule has 8 aliphatic rings. The highest BCUT2D eigenvalue weighted by Crippen LogP contribution is 2.71. The molecule has 13 heteroatoms. The average Bonchev–Trinajstić information content (AvgIpc) is 3.68. The van der Waals surface area contributed by atoms with Crippen molar-refractivity contribution in [2.75, 3.05) is 63.0 Å². The second kappa shape index (κ2) is 17.7.